The van der Waals surface area contributed by atoms with Gasteiger partial charge in [-0.2, -0.15) is 0 Å². The van der Waals surface area contributed by atoms with E-state index in [9.17, 15) is 24.9 Å². The van der Waals surface area contributed by atoms with Crippen LogP contribution in [0.25, 0.3) is 0 Å². The average Bonchev–Trinajstić information content (AvgIpc) is 3.10. The quantitative estimate of drug-likeness (QED) is 0.470. The Balaban J connectivity index is 1.56. The Morgan fingerprint density at radius 2 is 1.69 bits per heavy atom. The molecule has 0 aromatic heterocycles. The largest absolute Gasteiger partial charge is 0.462 e. The number of carbonyl (C=O) groups is 2. The van der Waals surface area contributed by atoms with Crippen LogP contribution in [0.2, 0.25) is 0 Å². The summed E-state index contributed by atoms with van der Waals surface area (Å²) in [6.07, 6.45) is -4.54. The summed E-state index contributed by atoms with van der Waals surface area (Å²) in [5.41, 5.74) is 1.77. The first kappa shape index (κ1) is 21.1. The van der Waals surface area contributed by atoms with E-state index in [4.69, 9.17) is 9.47 Å². The topological polar surface area (TPSA) is 113 Å². The molecule has 0 aliphatic carbocycles. The standard InChI is InChI=1S/C22H24O7/c1-13(22(27)29-12-18(24)21-20(26)17(23)11-28-21)14-7-9-16(10-8-14)19(25)15-5-3-2-4-6-15/h2-10,13,17-18,20-21,23-24,26H,11-12H2,1H3. The molecule has 29 heavy (non-hydrogen) atoms. The monoisotopic (exact) mass is 400 g/mol. The minimum absolute atomic E-state index is 0.0821. The number of esters is 1. The number of ether oxygens (including phenoxy) is 2. The lowest BCUT2D eigenvalue weighted by Gasteiger charge is -2.21. The van der Waals surface area contributed by atoms with E-state index >= 15 is 0 Å². The molecular weight excluding hydrogens is 376 g/mol. The number of hydrogen-bond donors (Lipinski definition) is 3. The van der Waals surface area contributed by atoms with E-state index in [0.29, 0.717) is 16.7 Å². The molecule has 2 aromatic carbocycles. The van der Waals surface area contributed by atoms with Gasteiger partial charge in [0.15, 0.2) is 5.78 Å². The number of aliphatic hydroxyl groups excluding tert-OH is 3. The molecule has 1 aliphatic rings. The summed E-state index contributed by atoms with van der Waals surface area (Å²) in [6.45, 7) is 1.22. The van der Waals surface area contributed by atoms with Crippen LogP contribution < -0.4 is 0 Å². The van der Waals surface area contributed by atoms with Gasteiger partial charge in [-0.15, -0.1) is 0 Å². The summed E-state index contributed by atoms with van der Waals surface area (Å²) in [5.74, 6) is -1.27. The van der Waals surface area contributed by atoms with Gasteiger partial charge in [-0.1, -0.05) is 54.6 Å². The number of rotatable bonds is 7. The van der Waals surface area contributed by atoms with Crippen molar-refractivity contribution in [2.45, 2.75) is 37.3 Å². The van der Waals surface area contributed by atoms with Gasteiger partial charge in [0.05, 0.1) is 12.5 Å². The third-order valence-corrected chi connectivity index (χ3v) is 5.03. The molecule has 1 saturated heterocycles. The van der Waals surface area contributed by atoms with E-state index in [-0.39, 0.29) is 19.0 Å². The molecule has 3 N–H and O–H groups in total. The van der Waals surface area contributed by atoms with Crippen LogP contribution in [0.4, 0.5) is 0 Å². The third kappa shape index (κ3) is 4.89. The first-order valence-electron chi connectivity index (χ1n) is 9.40. The molecule has 2 aromatic rings. The minimum atomic E-state index is -1.25. The van der Waals surface area contributed by atoms with Crippen molar-refractivity contribution in [1.29, 1.82) is 0 Å². The van der Waals surface area contributed by atoms with Gasteiger partial charge in [0.2, 0.25) is 0 Å². The van der Waals surface area contributed by atoms with Crippen molar-refractivity contribution < 1.29 is 34.4 Å². The number of carbonyl (C=O) groups excluding carboxylic acids is 2. The molecule has 1 aliphatic heterocycles. The van der Waals surface area contributed by atoms with Crippen LogP contribution in [0.5, 0.6) is 0 Å². The molecule has 154 valence electrons. The number of aliphatic hydroxyl groups is 3. The lowest BCUT2D eigenvalue weighted by atomic mass is 9.97. The van der Waals surface area contributed by atoms with Crippen molar-refractivity contribution in [1.82, 2.24) is 0 Å². The van der Waals surface area contributed by atoms with E-state index in [1.807, 2.05) is 6.07 Å². The Kier molecular flexibility index (Phi) is 6.76. The van der Waals surface area contributed by atoms with Gasteiger partial charge in [-0.05, 0) is 12.5 Å². The van der Waals surface area contributed by atoms with E-state index in [1.165, 1.54) is 0 Å². The summed E-state index contributed by atoms with van der Waals surface area (Å²) >= 11 is 0. The maximum absolute atomic E-state index is 12.4. The Morgan fingerprint density at radius 1 is 1.07 bits per heavy atom. The number of hydrogen-bond acceptors (Lipinski definition) is 7. The summed E-state index contributed by atoms with van der Waals surface area (Å²) in [7, 11) is 0. The van der Waals surface area contributed by atoms with Crippen LogP contribution in [0.15, 0.2) is 54.6 Å². The molecule has 7 heteroatoms. The van der Waals surface area contributed by atoms with Crippen molar-refractivity contribution in [2.24, 2.45) is 0 Å². The molecule has 0 bridgehead atoms. The van der Waals surface area contributed by atoms with Gasteiger partial charge in [0.1, 0.15) is 31.0 Å². The predicted octanol–water partition coefficient (Wildman–Crippen LogP) is 1.05. The van der Waals surface area contributed by atoms with E-state index in [2.05, 4.69) is 0 Å². The van der Waals surface area contributed by atoms with Crippen LogP contribution in [0, 0.1) is 0 Å². The summed E-state index contributed by atoms with van der Waals surface area (Å²) in [6, 6.07) is 15.6. The summed E-state index contributed by atoms with van der Waals surface area (Å²) in [4.78, 5) is 24.7. The van der Waals surface area contributed by atoms with E-state index in [0.717, 1.165) is 0 Å². The van der Waals surface area contributed by atoms with Crippen molar-refractivity contribution in [3.05, 3.63) is 71.3 Å². The lowest BCUT2D eigenvalue weighted by Crippen LogP contribution is -2.41. The Morgan fingerprint density at radius 3 is 2.28 bits per heavy atom. The molecule has 7 nitrogen and oxygen atoms in total. The second-order valence-corrected chi connectivity index (χ2v) is 7.09. The number of benzene rings is 2. The van der Waals surface area contributed by atoms with Crippen molar-refractivity contribution in [3.63, 3.8) is 0 Å². The maximum Gasteiger partial charge on any atom is 0.313 e. The minimum Gasteiger partial charge on any atom is -0.462 e. The molecule has 1 heterocycles. The summed E-state index contributed by atoms with van der Waals surface area (Å²) < 4.78 is 10.2. The fraction of sp³-hybridized carbons (Fsp3) is 0.364. The fourth-order valence-corrected chi connectivity index (χ4v) is 3.17. The van der Waals surface area contributed by atoms with Gasteiger partial charge in [-0.25, -0.2) is 0 Å². The van der Waals surface area contributed by atoms with Crippen molar-refractivity contribution in [2.75, 3.05) is 13.2 Å². The van der Waals surface area contributed by atoms with Crippen LogP contribution in [0.3, 0.4) is 0 Å². The van der Waals surface area contributed by atoms with E-state index in [1.54, 1.807) is 55.5 Å². The van der Waals surface area contributed by atoms with Crippen LogP contribution in [-0.4, -0.2) is 64.7 Å². The molecule has 0 spiro atoms. The van der Waals surface area contributed by atoms with Gasteiger partial charge in [0, 0.05) is 11.1 Å². The lowest BCUT2D eigenvalue weighted by molar-refractivity contribution is -0.152. The first-order chi connectivity index (χ1) is 13.9. The van der Waals surface area contributed by atoms with Gasteiger partial charge < -0.3 is 24.8 Å². The Hall–Kier alpha value is -2.58. The highest BCUT2D eigenvalue weighted by molar-refractivity contribution is 6.09. The highest BCUT2D eigenvalue weighted by Gasteiger charge is 2.39. The van der Waals surface area contributed by atoms with Crippen LogP contribution >= 0.6 is 0 Å². The maximum atomic E-state index is 12.4. The summed E-state index contributed by atoms with van der Waals surface area (Å²) in [5, 5.41) is 29.2. The molecule has 0 saturated carbocycles. The van der Waals surface area contributed by atoms with Crippen molar-refractivity contribution in [3.8, 4) is 0 Å². The van der Waals surface area contributed by atoms with Crippen molar-refractivity contribution >= 4 is 11.8 Å². The Bertz CT molecular complexity index is 834. The van der Waals surface area contributed by atoms with Crippen LogP contribution in [-0.2, 0) is 14.3 Å². The van der Waals surface area contributed by atoms with Gasteiger partial charge >= 0.3 is 5.97 Å². The smallest absolute Gasteiger partial charge is 0.313 e. The molecule has 5 atom stereocenters. The second-order valence-electron chi connectivity index (χ2n) is 7.09. The predicted molar refractivity (Wildman–Crippen MR) is 103 cm³/mol. The molecule has 0 amide bonds. The van der Waals surface area contributed by atoms with Gasteiger partial charge in [0.25, 0.3) is 0 Å². The third-order valence-electron chi connectivity index (χ3n) is 5.03. The molecule has 0 radical (unpaired) electrons. The fourth-order valence-electron chi connectivity index (χ4n) is 3.17. The first-order valence-corrected chi connectivity index (χ1v) is 9.40. The van der Waals surface area contributed by atoms with E-state index < -0.39 is 36.3 Å². The molecule has 1 fully saturated rings. The number of ketones is 1. The second kappa shape index (κ2) is 9.28. The average molecular weight is 400 g/mol. The Labute approximate surface area is 168 Å². The normalized spacial score (nSPS) is 23.4. The zero-order valence-electron chi connectivity index (χ0n) is 16.0. The zero-order valence-corrected chi connectivity index (χ0v) is 16.0. The van der Waals surface area contributed by atoms with Gasteiger partial charge in [-0.3, -0.25) is 9.59 Å². The zero-order chi connectivity index (χ0) is 21.0. The van der Waals surface area contributed by atoms with Crippen LogP contribution in [0.1, 0.15) is 34.3 Å². The molecular formula is C22H24O7. The SMILES string of the molecule is CC(C(=O)OCC(O)C1OCC(O)C1O)c1ccc(C(=O)c2ccccc2)cc1. The highest BCUT2D eigenvalue weighted by atomic mass is 16.6. The molecule has 5 unspecified atom stereocenters. The molecule has 3 rings (SSSR count). The highest BCUT2D eigenvalue weighted by Crippen LogP contribution is 2.21.